The fourth-order valence-corrected chi connectivity index (χ4v) is 3.82. The van der Waals surface area contributed by atoms with E-state index in [1.165, 1.54) is 31.4 Å². The third-order valence-electron chi connectivity index (χ3n) is 3.80. The molecule has 1 aromatic carbocycles. The van der Waals surface area contributed by atoms with Crippen LogP contribution in [0.25, 0.3) is 5.69 Å². The van der Waals surface area contributed by atoms with Gasteiger partial charge < -0.3 is 5.32 Å². The number of nitrogens with one attached hydrogen (secondary N) is 1. The second-order valence-electron chi connectivity index (χ2n) is 5.32. The van der Waals surface area contributed by atoms with E-state index in [1.54, 1.807) is 6.20 Å². The van der Waals surface area contributed by atoms with E-state index in [1.807, 2.05) is 10.8 Å². The number of nitrogens with zero attached hydrogens (tertiary/aromatic N) is 2. The van der Waals surface area contributed by atoms with Crippen LogP contribution in [-0.2, 0) is 0 Å². The quantitative estimate of drug-likeness (QED) is 0.805. The van der Waals surface area contributed by atoms with Crippen molar-refractivity contribution in [2.24, 2.45) is 0 Å². The largest absolute Gasteiger partial charge is 0.353 e. The van der Waals surface area contributed by atoms with Crippen molar-refractivity contribution in [1.82, 2.24) is 9.55 Å². The van der Waals surface area contributed by atoms with E-state index in [9.17, 15) is 4.39 Å². The van der Waals surface area contributed by atoms with Gasteiger partial charge >= 0.3 is 0 Å². The molecular formula is C15H16BrClFN3. The van der Waals surface area contributed by atoms with Gasteiger partial charge in [-0.25, -0.2) is 9.37 Å². The van der Waals surface area contributed by atoms with Crippen LogP contribution in [0.1, 0.15) is 32.1 Å². The van der Waals surface area contributed by atoms with Crippen LogP contribution in [0.2, 0.25) is 5.02 Å². The highest BCUT2D eigenvalue weighted by atomic mass is 79.9. The molecule has 3 nitrogen and oxygen atoms in total. The number of rotatable bonds is 3. The third-order valence-corrected chi connectivity index (χ3v) is 4.69. The summed E-state index contributed by atoms with van der Waals surface area (Å²) in [7, 11) is 0. The van der Waals surface area contributed by atoms with Crippen LogP contribution in [0.5, 0.6) is 0 Å². The van der Waals surface area contributed by atoms with Crippen LogP contribution in [0.4, 0.5) is 10.3 Å². The first-order chi connectivity index (χ1) is 10.1. The molecular weight excluding hydrogens is 357 g/mol. The zero-order valence-corrected chi connectivity index (χ0v) is 13.8. The lowest BCUT2D eigenvalue weighted by molar-refractivity contribution is 0.460. The Morgan fingerprint density at radius 2 is 2.05 bits per heavy atom. The van der Waals surface area contributed by atoms with E-state index in [0.29, 0.717) is 21.2 Å². The predicted octanol–water partition coefficient (Wildman–Crippen LogP) is 5.17. The molecule has 1 aromatic heterocycles. The minimum absolute atomic E-state index is 0.353. The Kier molecular flexibility index (Phi) is 4.50. The van der Waals surface area contributed by atoms with Gasteiger partial charge in [-0.1, -0.05) is 30.9 Å². The van der Waals surface area contributed by atoms with Crippen molar-refractivity contribution in [3.8, 4) is 5.69 Å². The minimum atomic E-state index is -0.363. The molecule has 2 aromatic rings. The average Bonchev–Trinajstić information content (AvgIpc) is 2.87. The molecule has 0 radical (unpaired) electrons. The molecule has 0 spiro atoms. The van der Waals surface area contributed by atoms with Crippen molar-refractivity contribution in [2.45, 2.75) is 38.1 Å². The molecule has 1 aliphatic rings. The molecule has 112 valence electrons. The number of hydrogen-bond donors (Lipinski definition) is 1. The molecule has 0 amide bonds. The van der Waals surface area contributed by atoms with Crippen molar-refractivity contribution in [1.29, 1.82) is 0 Å². The summed E-state index contributed by atoms with van der Waals surface area (Å²) in [5.41, 5.74) is 0.703. The highest BCUT2D eigenvalue weighted by Crippen LogP contribution is 2.32. The normalized spacial score (nSPS) is 16.1. The van der Waals surface area contributed by atoms with Gasteiger partial charge in [-0.3, -0.25) is 4.57 Å². The van der Waals surface area contributed by atoms with Crippen molar-refractivity contribution in [2.75, 3.05) is 5.32 Å². The first-order valence-electron chi connectivity index (χ1n) is 7.10. The molecule has 1 aliphatic carbocycles. The molecule has 0 unspecified atom stereocenters. The van der Waals surface area contributed by atoms with Gasteiger partial charge in [0, 0.05) is 22.9 Å². The fraction of sp³-hybridized carbons (Fsp3) is 0.400. The lowest BCUT2D eigenvalue weighted by Gasteiger charge is -2.24. The lowest BCUT2D eigenvalue weighted by Crippen LogP contribution is -2.24. The van der Waals surface area contributed by atoms with Crippen molar-refractivity contribution >= 4 is 33.5 Å². The van der Waals surface area contributed by atoms with Gasteiger partial charge in [-0.15, -0.1) is 0 Å². The Labute approximate surface area is 136 Å². The number of imidazole rings is 1. The maximum absolute atomic E-state index is 13.4. The topological polar surface area (TPSA) is 29.9 Å². The van der Waals surface area contributed by atoms with Crippen LogP contribution in [0.3, 0.4) is 0 Å². The Hall–Kier alpha value is -1.07. The highest BCUT2D eigenvalue weighted by molar-refractivity contribution is 9.10. The number of hydrogen-bond acceptors (Lipinski definition) is 2. The second kappa shape index (κ2) is 6.36. The summed E-state index contributed by atoms with van der Waals surface area (Å²) in [6.45, 7) is 0. The third kappa shape index (κ3) is 3.24. The molecule has 3 rings (SSSR count). The number of aromatic nitrogens is 2. The van der Waals surface area contributed by atoms with Gasteiger partial charge in [-0.2, -0.15) is 0 Å². The number of benzene rings is 1. The smallest absolute Gasteiger partial charge is 0.207 e. The Balaban J connectivity index is 1.92. The van der Waals surface area contributed by atoms with E-state index < -0.39 is 0 Å². The maximum atomic E-state index is 13.4. The molecule has 0 atom stereocenters. The molecule has 0 bridgehead atoms. The van der Waals surface area contributed by atoms with E-state index in [2.05, 4.69) is 26.2 Å². The number of anilines is 1. The van der Waals surface area contributed by atoms with Gasteiger partial charge in [0.1, 0.15) is 5.82 Å². The standard InChI is InChI=1S/C15H16BrClFN3/c16-12-8-10(18)9-13(17)14(12)21-7-6-19-15(21)20-11-4-2-1-3-5-11/h6-9,11H,1-5H2,(H,19,20). The van der Waals surface area contributed by atoms with Crippen LogP contribution >= 0.6 is 27.5 Å². The second-order valence-corrected chi connectivity index (χ2v) is 6.58. The molecule has 21 heavy (non-hydrogen) atoms. The summed E-state index contributed by atoms with van der Waals surface area (Å²) in [5, 5.41) is 3.83. The van der Waals surface area contributed by atoms with Crippen molar-refractivity contribution in [3.63, 3.8) is 0 Å². The van der Waals surface area contributed by atoms with Gasteiger partial charge in [0.25, 0.3) is 0 Å². The van der Waals surface area contributed by atoms with Gasteiger partial charge in [0.2, 0.25) is 5.95 Å². The summed E-state index contributed by atoms with van der Waals surface area (Å²) < 4.78 is 15.8. The molecule has 0 aliphatic heterocycles. The summed E-state index contributed by atoms with van der Waals surface area (Å²) in [6.07, 6.45) is 9.67. The van der Waals surface area contributed by atoms with Gasteiger partial charge in [0.05, 0.1) is 10.7 Å². The maximum Gasteiger partial charge on any atom is 0.207 e. The average molecular weight is 373 g/mol. The predicted molar refractivity (Wildman–Crippen MR) is 86.7 cm³/mol. The van der Waals surface area contributed by atoms with Crippen molar-refractivity contribution < 1.29 is 4.39 Å². The molecule has 1 N–H and O–H groups in total. The molecule has 0 saturated heterocycles. The zero-order chi connectivity index (χ0) is 14.8. The monoisotopic (exact) mass is 371 g/mol. The minimum Gasteiger partial charge on any atom is -0.353 e. The van der Waals surface area contributed by atoms with Crippen molar-refractivity contribution in [3.05, 3.63) is 39.8 Å². The number of halogens is 3. The highest BCUT2D eigenvalue weighted by Gasteiger charge is 2.18. The Morgan fingerprint density at radius 1 is 1.29 bits per heavy atom. The molecule has 6 heteroatoms. The van der Waals surface area contributed by atoms with Crippen LogP contribution in [0, 0.1) is 5.82 Å². The molecule has 1 saturated carbocycles. The first-order valence-corrected chi connectivity index (χ1v) is 8.27. The van der Waals surface area contributed by atoms with E-state index >= 15 is 0 Å². The van der Waals surface area contributed by atoms with Crippen LogP contribution < -0.4 is 5.32 Å². The van der Waals surface area contributed by atoms with E-state index in [0.717, 1.165) is 18.8 Å². The van der Waals surface area contributed by atoms with Crippen LogP contribution in [-0.4, -0.2) is 15.6 Å². The lowest BCUT2D eigenvalue weighted by atomic mass is 9.96. The summed E-state index contributed by atoms with van der Waals surface area (Å²) >= 11 is 9.57. The van der Waals surface area contributed by atoms with Gasteiger partial charge in [-0.05, 0) is 40.9 Å². The fourth-order valence-electron chi connectivity index (χ4n) is 2.78. The van der Waals surface area contributed by atoms with E-state index in [-0.39, 0.29) is 5.82 Å². The Bertz CT molecular complexity index is 615. The van der Waals surface area contributed by atoms with Gasteiger partial charge in [0.15, 0.2) is 0 Å². The summed E-state index contributed by atoms with van der Waals surface area (Å²) in [6, 6.07) is 3.16. The van der Waals surface area contributed by atoms with E-state index in [4.69, 9.17) is 11.6 Å². The SMILES string of the molecule is Fc1cc(Cl)c(-n2ccnc2NC2CCCCC2)c(Br)c1. The zero-order valence-electron chi connectivity index (χ0n) is 11.5. The molecule has 1 heterocycles. The van der Waals surface area contributed by atoms with Crippen LogP contribution in [0.15, 0.2) is 29.0 Å². The first kappa shape index (κ1) is 14.9. The summed E-state index contributed by atoms with van der Waals surface area (Å²) in [4.78, 5) is 4.37. The molecule has 1 fully saturated rings. The summed E-state index contributed by atoms with van der Waals surface area (Å²) in [5.74, 6) is 0.383. The Morgan fingerprint density at radius 3 is 2.76 bits per heavy atom.